The Bertz CT molecular complexity index is 842. The van der Waals surface area contributed by atoms with E-state index in [-0.39, 0.29) is 16.9 Å². The summed E-state index contributed by atoms with van der Waals surface area (Å²) in [5, 5.41) is 0.541. The summed E-state index contributed by atoms with van der Waals surface area (Å²) in [6, 6.07) is 13.6. The number of nitrogens with zero attached hydrogens (tertiary/aromatic N) is 2. The van der Waals surface area contributed by atoms with Crippen molar-refractivity contribution in [3.63, 3.8) is 0 Å². The van der Waals surface area contributed by atoms with Gasteiger partial charge in [0.15, 0.2) is 10.9 Å². The number of hydrogen-bond donors (Lipinski definition) is 0. The Labute approximate surface area is 138 Å². The first-order chi connectivity index (χ1) is 11.1. The molecule has 0 N–H and O–H groups in total. The maximum absolute atomic E-state index is 13.0. The zero-order chi connectivity index (χ0) is 16.4. The molecule has 3 aromatic rings. The predicted molar refractivity (Wildman–Crippen MR) is 91.5 cm³/mol. The zero-order valence-electron chi connectivity index (χ0n) is 13.0. The number of hydrogen-bond acceptors (Lipinski definition) is 3. The molecule has 2 aromatic carbocycles. The number of rotatable bonds is 5. The standard InChI is InChI=1S/C18H17FN2OS/c1-3-21-16-7-5-4-6-15(16)20-18(21)23-12(2)17(22)13-8-10-14(19)11-9-13/h4-12H,3H2,1-2H3/t12-/m0/s1. The van der Waals surface area contributed by atoms with Gasteiger partial charge in [0.2, 0.25) is 0 Å². The van der Waals surface area contributed by atoms with Gasteiger partial charge >= 0.3 is 0 Å². The maximum atomic E-state index is 13.0. The van der Waals surface area contributed by atoms with Crippen LogP contribution in [0.3, 0.4) is 0 Å². The molecular weight excluding hydrogens is 311 g/mol. The summed E-state index contributed by atoms with van der Waals surface area (Å²) < 4.78 is 15.1. The summed E-state index contributed by atoms with van der Waals surface area (Å²) in [6.07, 6.45) is 0. The van der Waals surface area contributed by atoms with Gasteiger partial charge in [-0.2, -0.15) is 0 Å². The minimum Gasteiger partial charge on any atom is -0.319 e. The number of carbonyl (C=O) groups excluding carboxylic acids is 1. The number of fused-ring (bicyclic) bond motifs is 1. The molecular formula is C18H17FN2OS. The second-order valence-corrected chi connectivity index (χ2v) is 6.57. The number of benzene rings is 2. The van der Waals surface area contributed by atoms with E-state index in [1.54, 1.807) is 0 Å². The van der Waals surface area contributed by atoms with Crippen molar-refractivity contribution in [1.82, 2.24) is 9.55 Å². The molecule has 0 aliphatic rings. The predicted octanol–water partition coefficient (Wildman–Crippen LogP) is 4.56. The molecule has 0 saturated heterocycles. The van der Waals surface area contributed by atoms with Gasteiger partial charge in [-0.1, -0.05) is 23.9 Å². The fourth-order valence-corrected chi connectivity index (χ4v) is 3.57. The lowest BCUT2D eigenvalue weighted by Gasteiger charge is -2.11. The Morgan fingerprint density at radius 3 is 2.61 bits per heavy atom. The van der Waals surface area contributed by atoms with Crippen molar-refractivity contribution in [2.24, 2.45) is 0 Å². The summed E-state index contributed by atoms with van der Waals surface area (Å²) in [5.74, 6) is -0.362. The van der Waals surface area contributed by atoms with E-state index >= 15 is 0 Å². The molecule has 0 unspecified atom stereocenters. The van der Waals surface area contributed by atoms with E-state index in [0.717, 1.165) is 22.7 Å². The Kier molecular flexibility index (Phi) is 4.48. The van der Waals surface area contributed by atoms with Crippen molar-refractivity contribution in [3.05, 3.63) is 59.9 Å². The highest BCUT2D eigenvalue weighted by Gasteiger charge is 2.20. The molecule has 0 aliphatic heterocycles. The van der Waals surface area contributed by atoms with E-state index in [1.807, 2.05) is 31.2 Å². The van der Waals surface area contributed by atoms with Crippen molar-refractivity contribution < 1.29 is 9.18 Å². The summed E-state index contributed by atoms with van der Waals surface area (Å²) in [5.41, 5.74) is 2.52. The number of thioether (sulfide) groups is 1. The van der Waals surface area contributed by atoms with Crippen LogP contribution in [0, 0.1) is 5.82 Å². The molecule has 1 atom stereocenters. The minimum absolute atomic E-state index is 0.0234. The van der Waals surface area contributed by atoms with Gasteiger partial charge < -0.3 is 4.57 Å². The number of ketones is 1. The molecule has 0 saturated carbocycles. The first-order valence-corrected chi connectivity index (χ1v) is 8.40. The highest BCUT2D eigenvalue weighted by Crippen LogP contribution is 2.28. The van der Waals surface area contributed by atoms with Crippen LogP contribution < -0.4 is 0 Å². The third-order valence-corrected chi connectivity index (χ3v) is 4.81. The maximum Gasteiger partial charge on any atom is 0.175 e. The lowest BCUT2D eigenvalue weighted by molar-refractivity contribution is 0.0994. The molecule has 0 aliphatic carbocycles. The number of aryl methyl sites for hydroxylation is 1. The number of para-hydroxylation sites is 2. The number of imidazole rings is 1. The minimum atomic E-state index is -0.338. The molecule has 1 heterocycles. The van der Waals surface area contributed by atoms with Crippen molar-refractivity contribution in [2.45, 2.75) is 30.8 Å². The van der Waals surface area contributed by atoms with E-state index < -0.39 is 0 Å². The van der Waals surface area contributed by atoms with Crippen LogP contribution in [0.5, 0.6) is 0 Å². The normalized spacial score (nSPS) is 12.5. The van der Waals surface area contributed by atoms with Crippen LogP contribution in [-0.4, -0.2) is 20.6 Å². The smallest absolute Gasteiger partial charge is 0.175 e. The topological polar surface area (TPSA) is 34.9 Å². The third kappa shape index (κ3) is 3.15. The Morgan fingerprint density at radius 2 is 1.91 bits per heavy atom. The summed E-state index contributed by atoms with van der Waals surface area (Å²) in [6.45, 7) is 4.71. The van der Waals surface area contributed by atoms with Crippen LogP contribution in [-0.2, 0) is 6.54 Å². The van der Waals surface area contributed by atoms with Crippen LogP contribution in [0.15, 0.2) is 53.7 Å². The molecule has 1 aromatic heterocycles. The molecule has 0 amide bonds. The molecule has 23 heavy (non-hydrogen) atoms. The number of halogens is 1. The van der Waals surface area contributed by atoms with Gasteiger partial charge in [-0.25, -0.2) is 9.37 Å². The van der Waals surface area contributed by atoms with E-state index in [1.165, 1.54) is 36.0 Å². The number of aromatic nitrogens is 2. The Hall–Kier alpha value is -2.14. The summed E-state index contributed by atoms with van der Waals surface area (Å²) in [4.78, 5) is 17.1. The van der Waals surface area contributed by atoms with Crippen molar-refractivity contribution in [2.75, 3.05) is 0 Å². The fourth-order valence-electron chi connectivity index (χ4n) is 2.51. The van der Waals surface area contributed by atoms with Crippen molar-refractivity contribution in [1.29, 1.82) is 0 Å². The van der Waals surface area contributed by atoms with E-state index in [9.17, 15) is 9.18 Å². The van der Waals surface area contributed by atoms with Crippen LogP contribution in [0.25, 0.3) is 11.0 Å². The van der Waals surface area contributed by atoms with E-state index in [4.69, 9.17) is 0 Å². The summed E-state index contributed by atoms with van der Waals surface area (Å²) in [7, 11) is 0. The largest absolute Gasteiger partial charge is 0.319 e. The van der Waals surface area contributed by atoms with Crippen molar-refractivity contribution >= 4 is 28.6 Å². The van der Waals surface area contributed by atoms with Gasteiger partial charge in [0, 0.05) is 12.1 Å². The Balaban J connectivity index is 1.86. The number of carbonyl (C=O) groups is 1. The quantitative estimate of drug-likeness (QED) is 0.509. The molecule has 0 radical (unpaired) electrons. The molecule has 0 fully saturated rings. The molecule has 0 spiro atoms. The summed E-state index contributed by atoms with van der Waals surface area (Å²) >= 11 is 1.44. The van der Waals surface area contributed by atoms with Gasteiger partial charge in [0.1, 0.15) is 5.82 Å². The van der Waals surface area contributed by atoms with Crippen LogP contribution in [0.1, 0.15) is 24.2 Å². The monoisotopic (exact) mass is 328 g/mol. The van der Waals surface area contributed by atoms with E-state index in [0.29, 0.717) is 5.56 Å². The van der Waals surface area contributed by atoms with Gasteiger partial charge in [0.25, 0.3) is 0 Å². The van der Waals surface area contributed by atoms with Crippen molar-refractivity contribution in [3.8, 4) is 0 Å². The molecule has 0 bridgehead atoms. The lowest BCUT2D eigenvalue weighted by atomic mass is 10.1. The lowest BCUT2D eigenvalue weighted by Crippen LogP contribution is -2.14. The number of Topliss-reactive ketones (excluding diaryl/α,β-unsaturated/α-hetero) is 1. The van der Waals surface area contributed by atoms with Gasteiger partial charge in [0.05, 0.1) is 16.3 Å². The first kappa shape index (κ1) is 15.7. The average Bonchev–Trinajstić information content (AvgIpc) is 2.91. The molecule has 5 heteroatoms. The Morgan fingerprint density at radius 1 is 1.22 bits per heavy atom. The zero-order valence-corrected chi connectivity index (χ0v) is 13.8. The molecule has 118 valence electrons. The second kappa shape index (κ2) is 6.54. The van der Waals surface area contributed by atoms with E-state index in [2.05, 4.69) is 16.5 Å². The van der Waals surface area contributed by atoms with Crippen LogP contribution in [0.2, 0.25) is 0 Å². The van der Waals surface area contributed by atoms with Crippen LogP contribution in [0.4, 0.5) is 4.39 Å². The van der Waals surface area contributed by atoms with Gasteiger partial charge in [-0.15, -0.1) is 0 Å². The van der Waals surface area contributed by atoms with Gasteiger partial charge in [-0.3, -0.25) is 4.79 Å². The molecule has 3 nitrogen and oxygen atoms in total. The average molecular weight is 328 g/mol. The fraction of sp³-hybridized carbons (Fsp3) is 0.222. The third-order valence-electron chi connectivity index (χ3n) is 3.72. The highest BCUT2D eigenvalue weighted by molar-refractivity contribution is 8.00. The SMILES string of the molecule is CCn1c(S[C@@H](C)C(=O)c2ccc(F)cc2)nc2ccccc21. The highest BCUT2D eigenvalue weighted by atomic mass is 32.2. The second-order valence-electron chi connectivity index (χ2n) is 5.26. The molecule has 3 rings (SSSR count). The van der Waals surface area contributed by atoms with Crippen LogP contribution >= 0.6 is 11.8 Å². The van der Waals surface area contributed by atoms with Gasteiger partial charge in [-0.05, 0) is 50.2 Å². The first-order valence-electron chi connectivity index (χ1n) is 7.52.